The molecular formula is C30H29FN4O2. The number of H-pyrrole nitrogens is 1. The Morgan fingerprint density at radius 2 is 1.97 bits per heavy atom. The Bertz CT molecular complexity index is 1410. The molecule has 3 aromatic rings. The van der Waals surface area contributed by atoms with Crippen LogP contribution in [0.2, 0.25) is 0 Å². The minimum atomic E-state index is -0.417. The Hall–Kier alpha value is -4.26. The second-order valence-electron chi connectivity index (χ2n) is 9.39. The van der Waals surface area contributed by atoms with Crippen LogP contribution in [0.4, 0.5) is 10.1 Å². The van der Waals surface area contributed by atoms with E-state index in [1.807, 2.05) is 49.7 Å². The first-order chi connectivity index (χ1) is 18.0. The number of benzene rings is 2. The molecule has 188 valence electrons. The van der Waals surface area contributed by atoms with Crippen molar-refractivity contribution in [3.63, 3.8) is 0 Å². The van der Waals surface area contributed by atoms with E-state index in [1.54, 1.807) is 12.1 Å². The molecule has 5 rings (SSSR count). The summed E-state index contributed by atoms with van der Waals surface area (Å²) in [6.45, 7) is 2.43. The van der Waals surface area contributed by atoms with Crippen LogP contribution in [0.25, 0.3) is 22.8 Å². The van der Waals surface area contributed by atoms with Crippen molar-refractivity contribution in [2.24, 2.45) is 10.9 Å². The van der Waals surface area contributed by atoms with E-state index in [9.17, 15) is 14.0 Å². The molecule has 1 atom stereocenters. The number of allylic oxidation sites excluding steroid dienone is 1. The van der Waals surface area contributed by atoms with Gasteiger partial charge in [0, 0.05) is 53.1 Å². The van der Waals surface area contributed by atoms with E-state index in [0.717, 1.165) is 31.2 Å². The van der Waals surface area contributed by atoms with Gasteiger partial charge in [0.2, 0.25) is 0 Å². The summed E-state index contributed by atoms with van der Waals surface area (Å²) in [7, 11) is 0. The summed E-state index contributed by atoms with van der Waals surface area (Å²) >= 11 is 0. The predicted octanol–water partition coefficient (Wildman–Crippen LogP) is 6.13. The fraction of sp³-hybridized carbons (Fsp3) is 0.233. The van der Waals surface area contributed by atoms with Crippen LogP contribution in [0.3, 0.4) is 0 Å². The van der Waals surface area contributed by atoms with Crippen molar-refractivity contribution >= 4 is 35.4 Å². The van der Waals surface area contributed by atoms with Gasteiger partial charge in [-0.3, -0.25) is 14.6 Å². The number of hydrogen-bond donors (Lipinski definition) is 3. The van der Waals surface area contributed by atoms with E-state index >= 15 is 0 Å². The third-order valence-corrected chi connectivity index (χ3v) is 6.76. The number of carbonyl (C=O) groups excluding carboxylic acids is 2. The number of carbonyl (C=O) groups is 2. The number of aromatic nitrogens is 1. The minimum Gasteiger partial charge on any atom is -0.358 e. The van der Waals surface area contributed by atoms with Gasteiger partial charge in [0.15, 0.2) is 0 Å². The lowest BCUT2D eigenvalue weighted by atomic mass is 9.97. The SMILES string of the molecule is Cc1[nH]c(/C=C2\C(=O)Nc3ccc(F)cc32)c(-c2ccccc2)c1C(=O)NCCCCCC1C=CN=C1. The number of aryl methyl sites for hydroxylation is 1. The molecule has 0 radical (unpaired) electrons. The summed E-state index contributed by atoms with van der Waals surface area (Å²) in [4.78, 5) is 33.5. The van der Waals surface area contributed by atoms with Crippen LogP contribution in [0.1, 0.15) is 53.0 Å². The number of fused-ring (bicyclic) bond motifs is 1. The number of halogens is 1. The summed E-state index contributed by atoms with van der Waals surface area (Å²) in [5.74, 6) is -0.453. The van der Waals surface area contributed by atoms with Crippen LogP contribution in [0.15, 0.2) is 65.8 Å². The molecule has 2 aliphatic rings. The summed E-state index contributed by atoms with van der Waals surface area (Å²) in [5.41, 5.74) is 4.86. The fourth-order valence-electron chi connectivity index (χ4n) is 4.91. The van der Waals surface area contributed by atoms with E-state index in [2.05, 4.69) is 26.7 Å². The molecule has 2 aliphatic heterocycles. The predicted molar refractivity (Wildman–Crippen MR) is 146 cm³/mol. The highest BCUT2D eigenvalue weighted by Gasteiger charge is 2.27. The molecule has 7 heteroatoms. The van der Waals surface area contributed by atoms with Crippen molar-refractivity contribution in [1.29, 1.82) is 0 Å². The maximum Gasteiger partial charge on any atom is 0.256 e. The van der Waals surface area contributed by atoms with Gasteiger partial charge in [-0.1, -0.05) is 49.2 Å². The number of nitrogens with zero attached hydrogens (tertiary/aromatic N) is 1. The quantitative estimate of drug-likeness (QED) is 0.246. The molecule has 0 spiro atoms. The number of anilines is 1. The average molecular weight is 497 g/mol. The molecule has 0 saturated carbocycles. The molecule has 0 bridgehead atoms. The van der Waals surface area contributed by atoms with Crippen molar-refractivity contribution in [3.8, 4) is 11.1 Å². The summed E-state index contributed by atoms with van der Waals surface area (Å²) in [5, 5.41) is 5.85. The lowest BCUT2D eigenvalue weighted by Crippen LogP contribution is -2.25. The zero-order valence-corrected chi connectivity index (χ0v) is 20.7. The van der Waals surface area contributed by atoms with Gasteiger partial charge in [0.25, 0.3) is 11.8 Å². The smallest absolute Gasteiger partial charge is 0.256 e. The highest BCUT2D eigenvalue weighted by molar-refractivity contribution is 6.35. The van der Waals surface area contributed by atoms with Crippen LogP contribution in [-0.2, 0) is 4.79 Å². The van der Waals surface area contributed by atoms with Crippen LogP contribution < -0.4 is 10.6 Å². The molecule has 2 amide bonds. The number of unbranched alkanes of at least 4 members (excludes halogenated alkanes) is 2. The number of aromatic amines is 1. The number of aliphatic imine (C=N–C) groups is 1. The van der Waals surface area contributed by atoms with Gasteiger partial charge < -0.3 is 15.6 Å². The average Bonchev–Trinajstić information content (AvgIpc) is 3.60. The van der Waals surface area contributed by atoms with E-state index in [0.29, 0.717) is 51.8 Å². The summed E-state index contributed by atoms with van der Waals surface area (Å²) < 4.78 is 14.0. The van der Waals surface area contributed by atoms with Gasteiger partial charge in [-0.2, -0.15) is 0 Å². The summed E-state index contributed by atoms with van der Waals surface area (Å²) in [6.07, 6.45) is 11.7. The topological polar surface area (TPSA) is 86.3 Å². The molecule has 37 heavy (non-hydrogen) atoms. The van der Waals surface area contributed by atoms with Crippen molar-refractivity contribution in [1.82, 2.24) is 10.3 Å². The van der Waals surface area contributed by atoms with Crippen LogP contribution >= 0.6 is 0 Å². The first-order valence-corrected chi connectivity index (χ1v) is 12.6. The fourth-order valence-corrected chi connectivity index (χ4v) is 4.91. The second kappa shape index (κ2) is 10.8. The highest BCUT2D eigenvalue weighted by atomic mass is 19.1. The zero-order chi connectivity index (χ0) is 25.8. The highest BCUT2D eigenvalue weighted by Crippen LogP contribution is 2.37. The lowest BCUT2D eigenvalue weighted by Gasteiger charge is -2.09. The molecule has 1 unspecified atom stereocenters. The lowest BCUT2D eigenvalue weighted by molar-refractivity contribution is -0.110. The molecule has 6 nitrogen and oxygen atoms in total. The van der Waals surface area contributed by atoms with Gasteiger partial charge in [-0.15, -0.1) is 0 Å². The third kappa shape index (κ3) is 5.31. The van der Waals surface area contributed by atoms with Crippen molar-refractivity contribution < 1.29 is 14.0 Å². The Morgan fingerprint density at radius 3 is 2.76 bits per heavy atom. The number of hydrogen-bond acceptors (Lipinski definition) is 3. The van der Waals surface area contributed by atoms with Crippen molar-refractivity contribution in [3.05, 3.63) is 89.1 Å². The molecule has 3 N–H and O–H groups in total. The van der Waals surface area contributed by atoms with Crippen molar-refractivity contribution in [2.45, 2.75) is 32.6 Å². The maximum atomic E-state index is 14.0. The van der Waals surface area contributed by atoms with Gasteiger partial charge in [-0.05, 0) is 49.6 Å². The van der Waals surface area contributed by atoms with Crippen LogP contribution in [-0.4, -0.2) is 29.6 Å². The number of amides is 2. The largest absolute Gasteiger partial charge is 0.358 e. The Balaban J connectivity index is 1.38. The maximum absolute atomic E-state index is 14.0. The molecule has 0 aliphatic carbocycles. The van der Waals surface area contributed by atoms with Crippen LogP contribution in [0, 0.1) is 18.7 Å². The first-order valence-electron chi connectivity index (χ1n) is 12.6. The molecule has 1 aromatic heterocycles. The summed E-state index contributed by atoms with van der Waals surface area (Å²) in [6, 6.07) is 13.8. The third-order valence-electron chi connectivity index (χ3n) is 6.76. The number of nitrogens with one attached hydrogen (secondary N) is 3. The molecule has 0 saturated heterocycles. The van der Waals surface area contributed by atoms with Crippen LogP contribution in [0.5, 0.6) is 0 Å². The van der Waals surface area contributed by atoms with Gasteiger partial charge in [-0.25, -0.2) is 4.39 Å². The Kier molecular flexibility index (Phi) is 7.12. The van der Waals surface area contributed by atoms with E-state index in [4.69, 9.17) is 0 Å². The standard InChI is InChI=1S/C30H29FN4O2/c1-19-27(30(37)33-14-7-3-4-8-20-13-15-32-18-20)28(21-9-5-2-6-10-21)26(34-19)17-24-23-16-22(31)11-12-25(23)35-29(24)36/h2,5-6,9-13,15-18,20,34H,3-4,7-8,14H2,1H3,(H,33,37)(H,35,36)/b24-17-. The van der Waals surface area contributed by atoms with Gasteiger partial charge >= 0.3 is 0 Å². The first kappa shape index (κ1) is 24.4. The molecule has 3 heterocycles. The second-order valence-corrected chi connectivity index (χ2v) is 9.39. The minimum absolute atomic E-state index is 0.162. The zero-order valence-electron chi connectivity index (χ0n) is 20.7. The molecule has 2 aromatic carbocycles. The Labute approximate surface area is 215 Å². The van der Waals surface area contributed by atoms with E-state index < -0.39 is 5.82 Å². The van der Waals surface area contributed by atoms with Gasteiger partial charge in [0.1, 0.15) is 5.82 Å². The normalized spacial score (nSPS) is 16.9. The molecule has 0 fully saturated rings. The van der Waals surface area contributed by atoms with E-state index in [1.165, 1.54) is 12.1 Å². The number of rotatable bonds is 9. The van der Waals surface area contributed by atoms with Crippen molar-refractivity contribution in [2.75, 3.05) is 11.9 Å². The van der Waals surface area contributed by atoms with E-state index in [-0.39, 0.29) is 11.8 Å². The molecular weight excluding hydrogens is 467 g/mol. The monoisotopic (exact) mass is 496 g/mol. The van der Waals surface area contributed by atoms with Gasteiger partial charge in [0.05, 0.1) is 11.1 Å². The Morgan fingerprint density at radius 1 is 1.14 bits per heavy atom.